The van der Waals surface area contributed by atoms with Crippen molar-refractivity contribution in [3.8, 4) is 5.82 Å². The zero-order valence-corrected chi connectivity index (χ0v) is 9.31. The van der Waals surface area contributed by atoms with Gasteiger partial charge in [-0.2, -0.15) is 5.10 Å². The minimum atomic E-state index is 0.518. The number of hydrogen-bond donors (Lipinski definition) is 0. The average Bonchev–Trinajstić information content (AvgIpc) is 2.69. The van der Waals surface area contributed by atoms with Crippen molar-refractivity contribution < 1.29 is 0 Å². The van der Waals surface area contributed by atoms with Gasteiger partial charge in [0.1, 0.15) is 0 Å². The lowest BCUT2D eigenvalue weighted by molar-refractivity contribution is 0.814. The molecule has 3 nitrogen and oxygen atoms in total. The van der Waals surface area contributed by atoms with Crippen LogP contribution in [0.1, 0.15) is 30.9 Å². The first-order valence-electron chi connectivity index (χ1n) is 5.15. The highest BCUT2D eigenvalue weighted by Gasteiger charge is 2.06. The molecule has 0 radical (unpaired) electrons. The van der Waals surface area contributed by atoms with Crippen LogP contribution in [-0.4, -0.2) is 14.8 Å². The van der Waals surface area contributed by atoms with Crippen molar-refractivity contribution in [3.05, 3.63) is 41.9 Å². The standard InChI is InChI=1S/C12H15N3/c1-9(2)11-8-13-12(7-10(11)3)15-6-4-5-14-15/h4-9H,1-3H3. The van der Waals surface area contributed by atoms with Gasteiger partial charge in [-0.3, -0.25) is 0 Å². The second kappa shape index (κ2) is 3.85. The summed E-state index contributed by atoms with van der Waals surface area (Å²) in [7, 11) is 0. The molecule has 3 heteroatoms. The minimum absolute atomic E-state index is 0.518. The van der Waals surface area contributed by atoms with E-state index in [0.717, 1.165) is 5.82 Å². The largest absolute Gasteiger partial charge is 0.237 e. The quantitative estimate of drug-likeness (QED) is 0.748. The third-order valence-corrected chi connectivity index (χ3v) is 2.50. The monoisotopic (exact) mass is 201 g/mol. The second-order valence-electron chi connectivity index (χ2n) is 4.00. The van der Waals surface area contributed by atoms with Gasteiger partial charge in [-0.25, -0.2) is 9.67 Å². The molecule has 15 heavy (non-hydrogen) atoms. The molecule has 0 spiro atoms. The van der Waals surface area contributed by atoms with Crippen LogP contribution in [0.4, 0.5) is 0 Å². The Morgan fingerprint density at radius 3 is 2.67 bits per heavy atom. The summed E-state index contributed by atoms with van der Waals surface area (Å²) in [5.74, 6) is 1.39. The molecule has 2 heterocycles. The van der Waals surface area contributed by atoms with Crippen LogP contribution < -0.4 is 0 Å². The van der Waals surface area contributed by atoms with Crippen molar-refractivity contribution >= 4 is 0 Å². The molecule has 2 aromatic heterocycles. The summed E-state index contributed by atoms with van der Waals surface area (Å²) in [4.78, 5) is 4.40. The fourth-order valence-electron chi connectivity index (χ4n) is 1.69. The SMILES string of the molecule is Cc1cc(-n2cccn2)ncc1C(C)C. The van der Waals surface area contributed by atoms with Gasteiger partial charge in [0.2, 0.25) is 0 Å². The molecule has 0 fully saturated rings. The summed E-state index contributed by atoms with van der Waals surface area (Å²) in [6.07, 6.45) is 5.60. The second-order valence-corrected chi connectivity index (χ2v) is 4.00. The van der Waals surface area contributed by atoms with Crippen LogP contribution in [0, 0.1) is 6.92 Å². The van der Waals surface area contributed by atoms with E-state index in [1.54, 1.807) is 10.9 Å². The first-order valence-corrected chi connectivity index (χ1v) is 5.15. The van der Waals surface area contributed by atoms with Crippen LogP contribution in [0.15, 0.2) is 30.7 Å². The summed E-state index contributed by atoms with van der Waals surface area (Å²) in [5, 5.41) is 4.16. The topological polar surface area (TPSA) is 30.7 Å². The van der Waals surface area contributed by atoms with E-state index in [4.69, 9.17) is 0 Å². The third-order valence-electron chi connectivity index (χ3n) is 2.50. The van der Waals surface area contributed by atoms with Gasteiger partial charge < -0.3 is 0 Å². The number of aromatic nitrogens is 3. The number of nitrogens with zero attached hydrogens (tertiary/aromatic N) is 3. The number of aryl methyl sites for hydroxylation is 1. The molecule has 0 aliphatic carbocycles. The Morgan fingerprint density at radius 2 is 2.13 bits per heavy atom. The van der Waals surface area contributed by atoms with E-state index in [-0.39, 0.29) is 0 Å². The molecule has 0 aliphatic rings. The number of pyridine rings is 1. The average molecular weight is 201 g/mol. The van der Waals surface area contributed by atoms with Gasteiger partial charge in [0, 0.05) is 18.6 Å². The molecule has 0 unspecified atom stereocenters. The summed E-state index contributed by atoms with van der Waals surface area (Å²) in [6, 6.07) is 3.97. The van der Waals surface area contributed by atoms with Gasteiger partial charge in [-0.05, 0) is 36.1 Å². The molecule has 0 atom stereocenters. The summed E-state index contributed by atoms with van der Waals surface area (Å²) < 4.78 is 1.77. The maximum absolute atomic E-state index is 4.40. The van der Waals surface area contributed by atoms with Crippen molar-refractivity contribution in [2.24, 2.45) is 0 Å². The van der Waals surface area contributed by atoms with Gasteiger partial charge in [-0.15, -0.1) is 0 Å². The van der Waals surface area contributed by atoms with E-state index in [1.165, 1.54) is 11.1 Å². The molecule has 0 bridgehead atoms. The normalized spacial score (nSPS) is 10.9. The third kappa shape index (κ3) is 1.91. The van der Waals surface area contributed by atoms with Crippen LogP contribution in [0.3, 0.4) is 0 Å². The Bertz CT molecular complexity index is 444. The predicted octanol–water partition coefficient (Wildman–Crippen LogP) is 2.70. The Kier molecular flexibility index (Phi) is 2.54. The van der Waals surface area contributed by atoms with Crippen molar-refractivity contribution in [1.82, 2.24) is 14.8 Å². The Hall–Kier alpha value is -1.64. The molecule has 78 valence electrons. The molecule has 0 aromatic carbocycles. The lowest BCUT2D eigenvalue weighted by atomic mass is 10.0. The van der Waals surface area contributed by atoms with Crippen LogP contribution in [-0.2, 0) is 0 Å². The van der Waals surface area contributed by atoms with E-state index >= 15 is 0 Å². The molecule has 0 amide bonds. The van der Waals surface area contributed by atoms with E-state index in [2.05, 4.69) is 36.9 Å². The summed E-state index contributed by atoms with van der Waals surface area (Å²) >= 11 is 0. The molecular weight excluding hydrogens is 186 g/mol. The first kappa shape index (κ1) is 9.90. The van der Waals surface area contributed by atoms with Crippen LogP contribution in [0.25, 0.3) is 5.82 Å². The minimum Gasteiger partial charge on any atom is -0.237 e. The zero-order chi connectivity index (χ0) is 10.8. The van der Waals surface area contributed by atoms with Gasteiger partial charge in [-0.1, -0.05) is 13.8 Å². The van der Waals surface area contributed by atoms with Gasteiger partial charge in [0.15, 0.2) is 5.82 Å². The highest BCUT2D eigenvalue weighted by molar-refractivity contribution is 5.33. The lowest BCUT2D eigenvalue weighted by Gasteiger charge is -2.10. The van der Waals surface area contributed by atoms with Crippen molar-refractivity contribution in [3.63, 3.8) is 0 Å². The van der Waals surface area contributed by atoms with E-state index < -0.39 is 0 Å². The molecule has 2 aromatic rings. The first-order chi connectivity index (χ1) is 7.18. The molecular formula is C12H15N3. The van der Waals surface area contributed by atoms with Crippen LogP contribution in [0.5, 0.6) is 0 Å². The van der Waals surface area contributed by atoms with Crippen LogP contribution in [0.2, 0.25) is 0 Å². The Labute approximate surface area is 89.8 Å². The Morgan fingerprint density at radius 1 is 1.33 bits per heavy atom. The fraction of sp³-hybridized carbons (Fsp3) is 0.333. The molecule has 0 saturated heterocycles. The fourth-order valence-corrected chi connectivity index (χ4v) is 1.69. The van der Waals surface area contributed by atoms with Gasteiger partial charge in [0.05, 0.1) is 0 Å². The molecule has 0 aliphatic heterocycles. The highest BCUT2D eigenvalue weighted by atomic mass is 15.3. The zero-order valence-electron chi connectivity index (χ0n) is 9.31. The highest BCUT2D eigenvalue weighted by Crippen LogP contribution is 2.19. The van der Waals surface area contributed by atoms with Crippen LogP contribution >= 0.6 is 0 Å². The predicted molar refractivity (Wildman–Crippen MR) is 60.2 cm³/mol. The maximum Gasteiger partial charge on any atom is 0.153 e. The summed E-state index contributed by atoms with van der Waals surface area (Å²) in [6.45, 7) is 6.47. The van der Waals surface area contributed by atoms with Crippen molar-refractivity contribution in [2.45, 2.75) is 26.7 Å². The molecule has 2 rings (SSSR count). The Balaban J connectivity index is 2.42. The number of hydrogen-bond acceptors (Lipinski definition) is 2. The van der Waals surface area contributed by atoms with E-state index in [9.17, 15) is 0 Å². The lowest BCUT2D eigenvalue weighted by Crippen LogP contribution is -2.01. The van der Waals surface area contributed by atoms with Crippen molar-refractivity contribution in [2.75, 3.05) is 0 Å². The number of rotatable bonds is 2. The van der Waals surface area contributed by atoms with Gasteiger partial charge >= 0.3 is 0 Å². The van der Waals surface area contributed by atoms with Gasteiger partial charge in [0.25, 0.3) is 0 Å². The molecule has 0 N–H and O–H groups in total. The van der Waals surface area contributed by atoms with E-state index in [0.29, 0.717) is 5.92 Å². The maximum atomic E-state index is 4.40. The molecule has 0 saturated carbocycles. The smallest absolute Gasteiger partial charge is 0.153 e. The van der Waals surface area contributed by atoms with Crippen molar-refractivity contribution in [1.29, 1.82) is 0 Å². The summed E-state index contributed by atoms with van der Waals surface area (Å²) in [5.41, 5.74) is 2.57. The van der Waals surface area contributed by atoms with E-state index in [1.807, 2.05) is 18.5 Å².